The maximum atomic E-state index is 13.6. The quantitative estimate of drug-likeness (QED) is 0.148. The summed E-state index contributed by atoms with van der Waals surface area (Å²) in [5, 5.41) is 0.865. The fourth-order valence-electron chi connectivity index (χ4n) is 4.37. The van der Waals surface area contributed by atoms with Crippen LogP contribution in [0.5, 0.6) is 17.2 Å². The predicted octanol–water partition coefficient (Wildman–Crippen LogP) is 8.62. The number of aryl methyl sites for hydroxylation is 1. The zero-order valence-corrected chi connectivity index (χ0v) is 24.2. The van der Waals surface area contributed by atoms with Crippen molar-refractivity contribution in [3.63, 3.8) is 0 Å². The molecule has 5 heteroatoms. The summed E-state index contributed by atoms with van der Waals surface area (Å²) in [6.45, 7) is 12.4. The summed E-state index contributed by atoms with van der Waals surface area (Å²) in [5.41, 5.74) is 3.25. The zero-order valence-electron chi connectivity index (χ0n) is 24.2. The number of allylic oxidation sites excluding steroid dienone is 3. The lowest BCUT2D eigenvalue weighted by atomic mass is 10.1. The predicted molar refractivity (Wildman–Crippen MR) is 156 cm³/mol. The molecule has 0 aliphatic rings. The van der Waals surface area contributed by atoms with Gasteiger partial charge in [0.1, 0.15) is 12.4 Å². The molecule has 37 heavy (non-hydrogen) atoms. The molecular weight excluding hydrogens is 462 g/mol. The Kier molecular flexibility index (Phi) is 14.0. The number of fused-ring (bicyclic) bond motifs is 1. The van der Waals surface area contributed by atoms with Crippen LogP contribution in [0.4, 0.5) is 0 Å². The van der Waals surface area contributed by atoms with Gasteiger partial charge >= 0.3 is 0 Å². The molecule has 0 amide bonds. The van der Waals surface area contributed by atoms with Gasteiger partial charge in [-0.05, 0) is 64.7 Å². The normalized spacial score (nSPS) is 11.6. The number of ether oxygens (including phenoxy) is 3. The van der Waals surface area contributed by atoms with Gasteiger partial charge in [0.2, 0.25) is 5.75 Å². The van der Waals surface area contributed by atoms with Crippen LogP contribution in [0.2, 0.25) is 0 Å². The highest BCUT2D eigenvalue weighted by molar-refractivity contribution is 5.89. The molecule has 0 spiro atoms. The molecular formula is C32H49NO4. The van der Waals surface area contributed by atoms with Crippen LogP contribution in [-0.4, -0.2) is 24.9 Å². The Balaban J connectivity index is 2.24. The van der Waals surface area contributed by atoms with Crippen molar-refractivity contribution < 1.29 is 14.2 Å². The largest absolute Gasteiger partial charge is 0.494 e. The van der Waals surface area contributed by atoms with Crippen molar-refractivity contribution in [2.75, 3.05) is 20.3 Å². The number of unbranched alkanes of at least 4 members (excludes halogenated alkanes) is 6. The number of rotatable bonds is 18. The summed E-state index contributed by atoms with van der Waals surface area (Å²) >= 11 is 0. The number of methoxy groups -OCH3 is 1. The van der Waals surface area contributed by atoms with E-state index in [1.807, 2.05) is 22.8 Å². The second-order valence-corrected chi connectivity index (χ2v) is 10.1. The maximum Gasteiger partial charge on any atom is 0.297 e. The van der Waals surface area contributed by atoms with E-state index in [2.05, 4.69) is 46.8 Å². The van der Waals surface area contributed by atoms with Crippen LogP contribution >= 0.6 is 0 Å². The van der Waals surface area contributed by atoms with Crippen molar-refractivity contribution in [1.82, 2.24) is 4.57 Å². The molecule has 0 unspecified atom stereocenters. The van der Waals surface area contributed by atoms with E-state index >= 15 is 0 Å². The summed E-state index contributed by atoms with van der Waals surface area (Å²) in [6.07, 6.45) is 15.5. The van der Waals surface area contributed by atoms with E-state index in [1.165, 1.54) is 43.3 Å². The molecule has 0 N–H and O–H groups in total. The van der Waals surface area contributed by atoms with Gasteiger partial charge in [0.15, 0.2) is 5.75 Å². The number of nitrogens with zero attached hydrogens (tertiary/aromatic N) is 1. The second-order valence-electron chi connectivity index (χ2n) is 10.1. The Bertz CT molecular complexity index is 1080. The van der Waals surface area contributed by atoms with E-state index in [9.17, 15) is 4.79 Å². The summed E-state index contributed by atoms with van der Waals surface area (Å²) < 4.78 is 19.7. The van der Waals surface area contributed by atoms with Gasteiger partial charge in [-0.15, -0.1) is 0 Å². The molecule has 0 atom stereocenters. The molecule has 0 saturated carbocycles. The molecule has 2 rings (SSSR count). The minimum Gasteiger partial charge on any atom is -0.494 e. The van der Waals surface area contributed by atoms with Crippen molar-refractivity contribution in [3.8, 4) is 17.2 Å². The first-order valence-electron chi connectivity index (χ1n) is 14.2. The Morgan fingerprint density at radius 2 is 1.62 bits per heavy atom. The van der Waals surface area contributed by atoms with Crippen molar-refractivity contribution in [2.45, 2.75) is 105 Å². The highest BCUT2D eigenvalue weighted by Crippen LogP contribution is 2.34. The monoisotopic (exact) mass is 511 g/mol. The summed E-state index contributed by atoms with van der Waals surface area (Å²) in [7, 11) is 1.60. The van der Waals surface area contributed by atoms with Crippen LogP contribution in [0.1, 0.15) is 98.8 Å². The number of hydrogen-bond donors (Lipinski definition) is 0. The van der Waals surface area contributed by atoms with Crippen molar-refractivity contribution >= 4 is 10.9 Å². The summed E-state index contributed by atoms with van der Waals surface area (Å²) in [4.78, 5) is 13.6. The topological polar surface area (TPSA) is 49.7 Å². The lowest BCUT2D eigenvalue weighted by Crippen LogP contribution is -2.24. The van der Waals surface area contributed by atoms with Gasteiger partial charge in [-0.25, -0.2) is 0 Å². The number of hydrogen-bond acceptors (Lipinski definition) is 4. The first-order valence-corrected chi connectivity index (χ1v) is 14.2. The van der Waals surface area contributed by atoms with Crippen molar-refractivity contribution in [3.05, 3.63) is 51.9 Å². The van der Waals surface area contributed by atoms with E-state index in [1.54, 1.807) is 7.11 Å². The highest BCUT2D eigenvalue weighted by Gasteiger charge is 2.19. The van der Waals surface area contributed by atoms with Crippen molar-refractivity contribution in [1.29, 1.82) is 0 Å². The average Bonchev–Trinajstić information content (AvgIpc) is 2.88. The van der Waals surface area contributed by atoms with Gasteiger partial charge < -0.3 is 18.8 Å². The molecule has 1 aromatic carbocycles. The third-order valence-electron chi connectivity index (χ3n) is 6.61. The smallest absolute Gasteiger partial charge is 0.297 e. The lowest BCUT2D eigenvalue weighted by molar-refractivity contribution is 0.304. The van der Waals surface area contributed by atoms with Crippen LogP contribution in [0.25, 0.3) is 10.9 Å². The van der Waals surface area contributed by atoms with Crippen LogP contribution in [0, 0.1) is 0 Å². The lowest BCUT2D eigenvalue weighted by Gasteiger charge is -2.18. The van der Waals surface area contributed by atoms with Crippen molar-refractivity contribution in [2.24, 2.45) is 0 Å². The summed E-state index contributed by atoms with van der Waals surface area (Å²) in [6, 6.07) is 5.93. The van der Waals surface area contributed by atoms with E-state index < -0.39 is 0 Å². The minimum atomic E-state index is -0.151. The number of benzene rings is 1. The molecule has 1 aromatic heterocycles. The highest BCUT2D eigenvalue weighted by atomic mass is 16.5. The van der Waals surface area contributed by atoms with Crippen LogP contribution in [0.15, 0.2) is 46.3 Å². The minimum absolute atomic E-state index is 0.151. The molecule has 5 nitrogen and oxygen atoms in total. The van der Waals surface area contributed by atoms with Gasteiger partial charge in [-0.2, -0.15) is 0 Å². The Morgan fingerprint density at radius 3 is 2.32 bits per heavy atom. The van der Waals surface area contributed by atoms with E-state index in [-0.39, 0.29) is 11.3 Å². The first kappa shape index (κ1) is 30.5. The summed E-state index contributed by atoms with van der Waals surface area (Å²) in [5.74, 6) is 1.56. The fourth-order valence-corrected chi connectivity index (χ4v) is 4.37. The van der Waals surface area contributed by atoms with E-state index in [4.69, 9.17) is 14.2 Å². The maximum absolute atomic E-state index is 13.6. The molecule has 2 aromatic rings. The van der Waals surface area contributed by atoms with Gasteiger partial charge in [0, 0.05) is 18.0 Å². The second kappa shape index (κ2) is 16.9. The number of pyridine rings is 1. The molecule has 206 valence electrons. The Morgan fingerprint density at radius 1 is 0.892 bits per heavy atom. The first-order chi connectivity index (χ1) is 17.9. The molecule has 1 heterocycles. The standard InChI is InChI=1S/C32H49NO4/c1-7-9-11-12-13-14-22-36-27-18-19-28-29(24-27)33(21-10-8-2)32(34)31(30(28)35-6)37-23-20-26(5)17-15-16-25(3)4/h16,18-20,24H,7-15,17,21-23H2,1-6H3/b26-20+. The van der Waals surface area contributed by atoms with E-state index in [0.29, 0.717) is 25.5 Å². The van der Waals surface area contributed by atoms with Crippen LogP contribution in [0.3, 0.4) is 0 Å². The molecule has 0 radical (unpaired) electrons. The molecule has 0 aliphatic heterocycles. The fraction of sp³-hybridized carbons (Fsp3) is 0.594. The van der Waals surface area contributed by atoms with Gasteiger partial charge in [-0.1, -0.05) is 69.6 Å². The van der Waals surface area contributed by atoms with Gasteiger partial charge in [-0.3, -0.25) is 4.79 Å². The SMILES string of the molecule is CCCCCCCCOc1ccc2c(OC)c(OC/C=C(\C)CCC=C(C)C)c(=O)n(CCCC)c2c1. The Labute approximate surface area is 224 Å². The molecule has 0 bridgehead atoms. The third-order valence-corrected chi connectivity index (χ3v) is 6.61. The van der Waals surface area contributed by atoms with Gasteiger partial charge in [0.25, 0.3) is 5.56 Å². The average molecular weight is 512 g/mol. The molecule has 0 fully saturated rings. The van der Waals surface area contributed by atoms with Crippen LogP contribution in [-0.2, 0) is 6.54 Å². The Hall–Kier alpha value is -2.69. The van der Waals surface area contributed by atoms with Crippen LogP contribution < -0.4 is 19.8 Å². The molecule has 0 saturated heterocycles. The third kappa shape index (κ3) is 9.94. The number of aromatic nitrogens is 1. The zero-order chi connectivity index (χ0) is 27.0. The van der Waals surface area contributed by atoms with E-state index in [0.717, 1.165) is 48.8 Å². The van der Waals surface area contributed by atoms with Gasteiger partial charge in [0.05, 0.1) is 19.2 Å². The molecule has 0 aliphatic carbocycles.